The van der Waals surface area contributed by atoms with Crippen LogP contribution in [-0.4, -0.2) is 17.0 Å². The molecule has 1 heterocycles. The van der Waals surface area contributed by atoms with Gasteiger partial charge in [-0.25, -0.2) is 0 Å². The second-order valence-electron chi connectivity index (χ2n) is 5.03. The zero-order valence-corrected chi connectivity index (χ0v) is 12.8. The Morgan fingerprint density at radius 3 is 2.64 bits per heavy atom. The SMILES string of the molecule is C=CCn1c(C)cc(C(=O)COc2ccc(C#N)cc2)c1C. The van der Waals surface area contributed by atoms with Crippen molar-refractivity contribution in [1.29, 1.82) is 5.26 Å². The van der Waals surface area contributed by atoms with Crippen molar-refractivity contribution in [2.75, 3.05) is 6.61 Å². The normalized spacial score (nSPS) is 10.0. The standard InChI is InChI=1S/C18H18N2O2/c1-4-9-20-13(2)10-17(14(20)3)18(21)12-22-16-7-5-15(11-19)6-8-16/h4-8,10H,1,9,12H2,2-3H3. The Kier molecular flexibility index (Phi) is 4.80. The highest BCUT2D eigenvalue weighted by Crippen LogP contribution is 2.17. The van der Waals surface area contributed by atoms with Crippen LogP contribution in [0.1, 0.15) is 27.3 Å². The van der Waals surface area contributed by atoms with Crippen LogP contribution in [0.3, 0.4) is 0 Å². The minimum absolute atomic E-state index is 0.0235. The number of hydrogen-bond donors (Lipinski definition) is 0. The lowest BCUT2D eigenvalue weighted by Crippen LogP contribution is -2.12. The fourth-order valence-corrected chi connectivity index (χ4v) is 2.35. The van der Waals surface area contributed by atoms with Gasteiger partial charge >= 0.3 is 0 Å². The Morgan fingerprint density at radius 1 is 1.36 bits per heavy atom. The van der Waals surface area contributed by atoms with Crippen LogP contribution in [0.5, 0.6) is 5.75 Å². The number of rotatable bonds is 6. The second kappa shape index (κ2) is 6.77. The molecule has 0 aliphatic carbocycles. The molecular weight excluding hydrogens is 276 g/mol. The highest BCUT2D eigenvalue weighted by Gasteiger charge is 2.15. The summed E-state index contributed by atoms with van der Waals surface area (Å²) in [6, 6.07) is 10.6. The molecule has 0 fully saturated rings. The zero-order valence-electron chi connectivity index (χ0n) is 12.8. The van der Waals surface area contributed by atoms with E-state index in [4.69, 9.17) is 10.00 Å². The Labute approximate surface area is 130 Å². The molecule has 0 amide bonds. The maximum absolute atomic E-state index is 12.3. The number of benzene rings is 1. The van der Waals surface area contributed by atoms with Gasteiger partial charge in [0.1, 0.15) is 5.75 Å². The van der Waals surface area contributed by atoms with Crippen molar-refractivity contribution in [3.05, 3.63) is 65.5 Å². The van der Waals surface area contributed by atoms with Crippen LogP contribution in [0.4, 0.5) is 0 Å². The minimum atomic E-state index is -0.0622. The number of ketones is 1. The summed E-state index contributed by atoms with van der Waals surface area (Å²) in [4.78, 5) is 12.3. The van der Waals surface area contributed by atoms with Crippen molar-refractivity contribution in [2.45, 2.75) is 20.4 Å². The van der Waals surface area contributed by atoms with E-state index in [1.807, 2.05) is 36.6 Å². The fourth-order valence-electron chi connectivity index (χ4n) is 2.35. The summed E-state index contributed by atoms with van der Waals surface area (Å²) in [5.74, 6) is 0.514. The van der Waals surface area contributed by atoms with E-state index in [-0.39, 0.29) is 12.4 Å². The molecule has 4 heteroatoms. The first kappa shape index (κ1) is 15.6. The Morgan fingerprint density at radius 2 is 2.05 bits per heavy atom. The van der Waals surface area contributed by atoms with E-state index >= 15 is 0 Å². The van der Waals surface area contributed by atoms with Gasteiger partial charge in [0, 0.05) is 23.5 Å². The van der Waals surface area contributed by atoms with E-state index in [9.17, 15) is 4.79 Å². The van der Waals surface area contributed by atoms with Crippen molar-refractivity contribution in [2.24, 2.45) is 0 Å². The van der Waals surface area contributed by atoms with Crippen LogP contribution in [0.25, 0.3) is 0 Å². The summed E-state index contributed by atoms with van der Waals surface area (Å²) in [5.41, 5.74) is 3.18. The summed E-state index contributed by atoms with van der Waals surface area (Å²) in [6.45, 7) is 8.28. The molecule has 112 valence electrons. The molecule has 2 aromatic rings. The molecule has 0 bridgehead atoms. The average molecular weight is 294 g/mol. The molecule has 0 aliphatic heterocycles. The number of aromatic nitrogens is 1. The molecule has 22 heavy (non-hydrogen) atoms. The van der Waals surface area contributed by atoms with Gasteiger partial charge in [0.25, 0.3) is 0 Å². The summed E-state index contributed by atoms with van der Waals surface area (Å²) >= 11 is 0. The molecule has 1 aromatic carbocycles. The molecule has 2 rings (SSSR count). The number of nitriles is 1. The third kappa shape index (κ3) is 3.26. The molecule has 0 saturated heterocycles. The first-order chi connectivity index (χ1) is 10.6. The number of nitrogens with zero attached hydrogens (tertiary/aromatic N) is 2. The number of carbonyl (C=O) groups is 1. The lowest BCUT2D eigenvalue weighted by Gasteiger charge is -2.07. The van der Waals surface area contributed by atoms with Crippen LogP contribution in [0, 0.1) is 25.2 Å². The predicted octanol–water partition coefficient (Wildman–Crippen LogP) is 3.42. The molecule has 0 saturated carbocycles. The van der Waals surface area contributed by atoms with Gasteiger partial charge in [-0.1, -0.05) is 6.08 Å². The molecule has 1 aromatic heterocycles. The van der Waals surface area contributed by atoms with Crippen molar-refractivity contribution < 1.29 is 9.53 Å². The van der Waals surface area contributed by atoms with E-state index in [0.717, 1.165) is 11.4 Å². The van der Waals surface area contributed by atoms with Crippen LogP contribution >= 0.6 is 0 Å². The van der Waals surface area contributed by atoms with Crippen molar-refractivity contribution in [3.8, 4) is 11.8 Å². The fraction of sp³-hybridized carbons (Fsp3) is 0.222. The first-order valence-corrected chi connectivity index (χ1v) is 7.00. The number of aryl methyl sites for hydroxylation is 1. The van der Waals surface area contributed by atoms with Gasteiger partial charge in [0.2, 0.25) is 5.78 Å². The molecule has 0 atom stereocenters. The van der Waals surface area contributed by atoms with Crippen LogP contribution in [0.2, 0.25) is 0 Å². The van der Waals surface area contributed by atoms with Gasteiger partial charge in [-0.05, 0) is 44.2 Å². The lowest BCUT2D eigenvalue weighted by atomic mass is 10.1. The molecule has 0 N–H and O–H groups in total. The summed E-state index contributed by atoms with van der Waals surface area (Å²) in [5, 5.41) is 8.74. The molecule has 0 aliphatic rings. The van der Waals surface area contributed by atoms with E-state index < -0.39 is 0 Å². The number of ether oxygens (including phenoxy) is 1. The topological polar surface area (TPSA) is 55.0 Å². The Bertz CT molecular complexity index is 734. The van der Waals surface area contributed by atoms with Crippen molar-refractivity contribution in [1.82, 2.24) is 4.57 Å². The van der Waals surface area contributed by atoms with Gasteiger partial charge in [-0.2, -0.15) is 5.26 Å². The van der Waals surface area contributed by atoms with E-state index in [0.29, 0.717) is 23.4 Å². The first-order valence-electron chi connectivity index (χ1n) is 7.00. The zero-order chi connectivity index (χ0) is 16.1. The highest BCUT2D eigenvalue weighted by atomic mass is 16.5. The molecular formula is C18H18N2O2. The van der Waals surface area contributed by atoms with Crippen LogP contribution in [-0.2, 0) is 6.54 Å². The molecule has 0 unspecified atom stereocenters. The smallest absolute Gasteiger partial charge is 0.202 e. The van der Waals surface area contributed by atoms with E-state index in [1.54, 1.807) is 24.3 Å². The van der Waals surface area contributed by atoms with Gasteiger partial charge in [-0.3, -0.25) is 4.79 Å². The molecule has 0 radical (unpaired) electrons. The molecule has 4 nitrogen and oxygen atoms in total. The van der Waals surface area contributed by atoms with Gasteiger partial charge in [0.15, 0.2) is 6.61 Å². The minimum Gasteiger partial charge on any atom is -0.485 e. The van der Waals surface area contributed by atoms with Crippen molar-refractivity contribution >= 4 is 5.78 Å². The van der Waals surface area contributed by atoms with Gasteiger partial charge in [-0.15, -0.1) is 6.58 Å². The van der Waals surface area contributed by atoms with E-state index in [1.165, 1.54) is 0 Å². The van der Waals surface area contributed by atoms with Gasteiger partial charge in [0.05, 0.1) is 11.6 Å². The Balaban J connectivity index is 2.07. The number of hydrogen-bond acceptors (Lipinski definition) is 3. The maximum Gasteiger partial charge on any atom is 0.202 e. The molecule has 0 spiro atoms. The number of allylic oxidation sites excluding steroid dienone is 1. The largest absolute Gasteiger partial charge is 0.485 e. The lowest BCUT2D eigenvalue weighted by molar-refractivity contribution is 0.0921. The third-order valence-electron chi connectivity index (χ3n) is 3.54. The quantitative estimate of drug-likeness (QED) is 0.606. The summed E-state index contributed by atoms with van der Waals surface area (Å²) in [6.07, 6.45) is 1.81. The van der Waals surface area contributed by atoms with E-state index in [2.05, 4.69) is 6.58 Å². The Hall–Kier alpha value is -2.80. The number of carbonyl (C=O) groups excluding carboxylic acids is 1. The van der Waals surface area contributed by atoms with Crippen LogP contribution < -0.4 is 4.74 Å². The monoisotopic (exact) mass is 294 g/mol. The predicted molar refractivity (Wildman–Crippen MR) is 85.1 cm³/mol. The second-order valence-corrected chi connectivity index (χ2v) is 5.03. The third-order valence-corrected chi connectivity index (χ3v) is 3.54. The maximum atomic E-state index is 12.3. The van der Waals surface area contributed by atoms with Crippen LogP contribution in [0.15, 0.2) is 43.0 Å². The highest BCUT2D eigenvalue weighted by molar-refractivity contribution is 5.98. The average Bonchev–Trinajstić information content (AvgIpc) is 2.81. The van der Waals surface area contributed by atoms with Crippen molar-refractivity contribution in [3.63, 3.8) is 0 Å². The summed E-state index contributed by atoms with van der Waals surface area (Å²) in [7, 11) is 0. The van der Waals surface area contributed by atoms with Gasteiger partial charge < -0.3 is 9.30 Å². The summed E-state index contributed by atoms with van der Waals surface area (Å²) < 4.78 is 7.54. The number of Topliss-reactive ketones (excluding diaryl/α,β-unsaturated/α-hetero) is 1.